The topological polar surface area (TPSA) is 64.6 Å². The number of esters is 1. The van der Waals surface area contributed by atoms with Crippen molar-refractivity contribution in [3.8, 4) is 16.9 Å². The second-order valence-corrected chi connectivity index (χ2v) is 8.08. The van der Waals surface area contributed by atoms with Crippen LogP contribution in [0.3, 0.4) is 0 Å². The standard InChI is InChI=1S/C26H27NO4S/c1-5-30-21-12-8-19(9-13-21)10-14-23(28)27-25-24(26(29)31-6-2)22(16-32-25)20-11-7-17(3)18(4)15-20/h7-16H,5-6H2,1-4H3,(H,27,28). The Bertz CT molecular complexity index is 1130. The Morgan fingerprint density at radius 2 is 1.75 bits per heavy atom. The first kappa shape index (κ1) is 23.3. The van der Waals surface area contributed by atoms with Crippen molar-refractivity contribution in [1.82, 2.24) is 0 Å². The molecule has 0 atom stereocenters. The highest BCUT2D eigenvalue weighted by molar-refractivity contribution is 7.15. The predicted octanol–water partition coefficient (Wildman–Crippen LogP) is 6.26. The van der Waals surface area contributed by atoms with Gasteiger partial charge in [-0.2, -0.15) is 0 Å². The van der Waals surface area contributed by atoms with Crippen molar-refractivity contribution in [3.63, 3.8) is 0 Å². The van der Waals surface area contributed by atoms with E-state index in [9.17, 15) is 9.59 Å². The lowest BCUT2D eigenvalue weighted by atomic mass is 9.99. The molecule has 1 amide bonds. The average molecular weight is 450 g/mol. The number of carbonyl (C=O) groups is 2. The number of carbonyl (C=O) groups excluding carboxylic acids is 2. The number of ether oxygens (including phenoxy) is 2. The quantitative estimate of drug-likeness (QED) is 0.326. The van der Waals surface area contributed by atoms with Crippen molar-refractivity contribution in [1.29, 1.82) is 0 Å². The van der Waals surface area contributed by atoms with Gasteiger partial charge in [-0.25, -0.2) is 4.79 Å². The summed E-state index contributed by atoms with van der Waals surface area (Å²) in [5.74, 6) is 0.0105. The summed E-state index contributed by atoms with van der Waals surface area (Å²) in [7, 11) is 0. The molecule has 0 saturated heterocycles. The molecular weight excluding hydrogens is 422 g/mol. The number of amides is 1. The molecule has 1 N–H and O–H groups in total. The minimum Gasteiger partial charge on any atom is -0.494 e. The SMILES string of the molecule is CCOC(=O)c1c(-c2ccc(C)c(C)c2)csc1NC(=O)C=Cc1ccc(OCC)cc1. The second-order valence-electron chi connectivity index (χ2n) is 7.20. The highest BCUT2D eigenvalue weighted by Crippen LogP contribution is 2.37. The third-order valence-corrected chi connectivity index (χ3v) is 5.84. The Morgan fingerprint density at radius 3 is 2.41 bits per heavy atom. The number of hydrogen-bond donors (Lipinski definition) is 1. The summed E-state index contributed by atoms with van der Waals surface area (Å²) in [6.45, 7) is 8.62. The molecule has 0 aliphatic heterocycles. The molecule has 166 valence electrons. The van der Waals surface area contributed by atoms with Crippen LogP contribution in [0.1, 0.15) is 40.9 Å². The van der Waals surface area contributed by atoms with Gasteiger partial charge in [0.25, 0.3) is 0 Å². The van der Waals surface area contributed by atoms with Crippen LogP contribution >= 0.6 is 11.3 Å². The summed E-state index contributed by atoms with van der Waals surface area (Å²) < 4.78 is 10.7. The first-order valence-corrected chi connectivity index (χ1v) is 11.4. The lowest BCUT2D eigenvalue weighted by Crippen LogP contribution is -2.12. The fraction of sp³-hybridized carbons (Fsp3) is 0.231. The van der Waals surface area contributed by atoms with E-state index in [4.69, 9.17) is 9.47 Å². The third kappa shape index (κ3) is 5.65. The Kier molecular flexibility index (Phi) is 7.84. The second kappa shape index (κ2) is 10.8. The summed E-state index contributed by atoms with van der Waals surface area (Å²) in [5.41, 5.74) is 5.22. The first-order chi connectivity index (χ1) is 15.4. The van der Waals surface area contributed by atoms with Crippen LogP contribution in [0.15, 0.2) is 53.9 Å². The highest BCUT2D eigenvalue weighted by atomic mass is 32.1. The zero-order valence-electron chi connectivity index (χ0n) is 18.7. The van der Waals surface area contributed by atoms with Crippen molar-refractivity contribution in [2.24, 2.45) is 0 Å². The van der Waals surface area contributed by atoms with E-state index >= 15 is 0 Å². The molecule has 3 aromatic rings. The number of benzene rings is 2. The van der Waals surface area contributed by atoms with Crippen LogP contribution < -0.4 is 10.1 Å². The molecule has 0 aliphatic carbocycles. The van der Waals surface area contributed by atoms with Gasteiger partial charge in [-0.15, -0.1) is 11.3 Å². The van der Waals surface area contributed by atoms with Crippen molar-refractivity contribution in [3.05, 3.63) is 76.2 Å². The van der Waals surface area contributed by atoms with E-state index in [1.807, 2.05) is 68.6 Å². The number of rotatable bonds is 8. The lowest BCUT2D eigenvalue weighted by molar-refractivity contribution is -0.111. The molecule has 0 saturated carbocycles. The Morgan fingerprint density at radius 1 is 1.00 bits per heavy atom. The van der Waals surface area contributed by atoms with Crippen molar-refractivity contribution < 1.29 is 19.1 Å². The lowest BCUT2D eigenvalue weighted by Gasteiger charge is -2.09. The van der Waals surface area contributed by atoms with Crippen LogP contribution in [-0.4, -0.2) is 25.1 Å². The molecule has 1 heterocycles. The van der Waals surface area contributed by atoms with E-state index in [1.54, 1.807) is 13.0 Å². The maximum atomic E-state index is 12.7. The molecule has 1 aromatic heterocycles. The first-order valence-electron chi connectivity index (χ1n) is 10.5. The number of aryl methyl sites for hydroxylation is 2. The van der Waals surface area contributed by atoms with Crippen LogP contribution in [0.2, 0.25) is 0 Å². The van der Waals surface area contributed by atoms with E-state index < -0.39 is 5.97 Å². The van der Waals surface area contributed by atoms with Gasteiger partial charge in [-0.1, -0.05) is 30.3 Å². The van der Waals surface area contributed by atoms with Crippen LogP contribution in [0, 0.1) is 13.8 Å². The maximum absolute atomic E-state index is 12.7. The van der Waals surface area contributed by atoms with E-state index in [0.717, 1.165) is 28.0 Å². The minimum absolute atomic E-state index is 0.256. The van der Waals surface area contributed by atoms with Crippen molar-refractivity contribution in [2.45, 2.75) is 27.7 Å². The van der Waals surface area contributed by atoms with E-state index in [1.165, 1.54) is 23.0 Å². The zero-order chi connectivity index (χ0) is 23.1. The number of thiophene rings is 1. The van der Waals surface area contributed by atoms with Crippen molar-refractivity contribution >= 4 is 34.3 Å². The van der Waals surface area contributed by atoms with E-state index in [2.05, 4.69) is 5.32 Å². The van der Waals surface area contributed by atoms with Gasteiger partial charge >= 0.3 is 5.97 Å². The summed E-state index contributed by atoms with van der Waals surface area (Å²) in [6.07, 6.45) is 3.16. The van der Waals surface area contributed by atoms with Crippen LogP contribution in [0.25, 0.3) is 17.2 Å². The average Bonchev–Trinajstić information content (AvgIpc) is 3.19. The largest absolute Gasteiger partial charge is 0.494 e. The molecule has 2 aromatic carbocycles. The molecule has 0 spiro atoms. The number of hydrogen-bond acceptors (Lipinski definition) is 5. The van der Waals surface area contributed by atoms with Crippen LogP contribution in [-0.2, 0) is 9.53 Å². The van der Waals surface area contributed by atoms with Crippen molar-refractivity contribution in [2.75, 3.05) is 18.5 Å². The summed E-state index contributed by atoms with van der Waals surface area (Å²) in [5, 5.41) is 5.18. The summed E-state index contributed by atoms with van der Waals surface area (Å²) >= 11 is 1.31. The molecule has 3 rings (SSSR count). The number of nitrogens with one attached hydrogen (secondary N) is 1. The smallest absolute Gasteiger partial charge is 0.341 e. The van der Waals surface area contributed by atoms with Gasteiger partial charge in [0.1, 0.15) is 16.3 Å². The fourth-order valence-corrected chi connectivity index (χ4v) is 4.10. The van der Waals surface area contributed by atoms with Gasteiger partial charge in [0, 0.05) is 17.0 Å². The Labute approximate surface area is 192 Å². The molecular formula is C26H27NO4S. The molecule has 0 fully saturated rings. The normalized spacial score (nSPS) is 10.9. The van der Waals surface area contributed by atoms with Gasteiger partial charge in [-0.05, 0) is 68.2 Å². The van der Waals surface area contributed by atoms with Gasteiger partial charge in [0.2, 0.25) is 5.91 Å². The van der Waals surface area contributed by atoms with Crippen LogP contribution in [0.5, 0.6) is 5.75 Å². The summed E-state index contributed by atoms with van der Waals surface area (Å²) in [6, 6.07) is 13.5. The van der Waals surface area contributed by atoms with E-state index in [0.29, 0.717) is 17.2 Å². The molecule has 0 radical (unpaired) electrons. The maximum Gasteiger partial charge on any atom is 0.341 e. The molecule has 0 unspecified atom stereocenters. The minimum atomic E-state index is -0.451. The molecule has 0 aliphatic rings. The molecule has 0 bridgehead atoms. The monoisotopic (exact) mass is 449 g/mol. The summed E-state index contributed by atoms with van der Waals surface area (Å²) in [4.78, 5) is 25.3. The predicted molar refractivity (Wildman–Crippen MR) is 130 cm³/mol. The molecule has 5 nitrogen and oxygen atoms in total. The van der Waals surface area contributed by atoms with Crippen LogP contribution in [0.4, 0.5) is 5.00 Å². The molecule has 32 heavy (non-hydrogen) atoms. The molecule has 6 heteroatoms. The number of anilines is 1. The Balaban J connectivity index is 1.83. The van der Waals surface area contributed by atoms with E-state index in [-0.39, 0.29) is 12.5 Å². The van der Waals surface area contributed by atoms with Gasteiger partial charge in [0.05, 0.1) is 13.2 Å². The third-order valence-electron chi connectivity index (χ3n) is 4.94. The zero-order valence-corrected chi connectivity index (χ0v) is 19.5. The highest BCUT2D eigenvalue weighted by Gasteiger charge is 2.22. The van der Waals surface area contributed by atoms with Gasteiger partial charge in [0.15, 0.2) is 0 Å². The fourth-order valence-electron chi connectivity index (χ4n) is 3.14. The Hall–Kier alpha value is -3.38. The van der Waals surface area contributed by atoms with Gasteiger partial charge in [-0.3, -0.25) is 4.79 Å². The van der Waals surface area contributed by atoms with Gasteiger partial charge < -0.3 is 14.8 Å².